The van der Waals surface area contributed by atoms with Crippen LogP contribution in [0.1, 0.15) is 5.56 Å². The number of rotatable bonds is 8. The van der Waals surface area contributed by atoms with Gasteiger partial charge in [-0.25, -0.2) is 4.39 Å². The lowest BCUT2D eigenvalue weighted by Gasteiger charge is -2.28. The van der Waals surface area contributed by atoms with E-state index in [2.05, 4.69) is 10.2 Å². The van der Waals surface area contributed by atoms with Gasteiger partial charge < -0.3 is 19.5 Å². The summed E-state index contributed by atoms with van der Waals surface area (Å²) in [4.78, 5) is 30.0. The maximum absolute atomic E-state index is 13.5. The molecule has 0 bridgehead atoms. The Morgan fingerprint density at radius 2 is 1.64 bits per heavy atom. The SMILES string of the molecule is COc1ccc(NC2=C(c3ccc(F)cc3)C(=O)N(CCN3CCOCC3)C2=O)cc1OC. The van der Waals surface area contributed by atoms with Crippen molar-refractivity contribution in [3.8, 4) is 11.5 Å². The monoisotopic (exact) mass is 455 g/mol. The summed E-state index contributed by atoms with van der Waals surface area (Å²) in [6.45, 7) is 3.58. The molecule has 1 fully saturated rings. The summed E-state index contributed by atoms with van der Waals surface area (Å²) in [7, 11) is 3.05. The maximum atomic E-state index is 13.5. The van der Waals surface area contributed by atoms with Gasteiger partial charge in [-0.3, -0.25) is 19.4 Å². The second kappa shape index (κ2) is 10.0. The van der Waals surface area contributed by atoms with Crippen LogP contribution in [0.5, 0.6) is 11.5 Å². The summed E-state index contributed by atoms with van der Waals surface area (Å²) in [5.41, 5.74) is 1.36. The van der Waals surface area contributed by atoms with Gasteiger partial charge in [0.1, 0.15) is 11.5 Å². The fourth-order valence-electron chi connectivity index (χ4n) is 3.90. The predicted octanol–water partition coefficient (Wildman–Crippen LogP) is 2.37. The zero-order valence-corrected chi connectivity index (χ0v) is 18.6. The molecule has 1 saturated heterocycles. The van der Waals surface area contributed by atoms with E-state index >= 15 is 0 Å². The molecule has 2 aromatic carbocycles. The Morgan fingerprint density at radius 3 is 2.30 bits per heavy atom. The maximum Gasteiger partial charge on any atom is 0.278 e. The molecule has 0 radical (unpaired) electrons. The van der Waals surface area contributed by atoms with Crippen molar-refractivity contribution in [1.82, 2.24) is 9.80 Å². The first-order valence-electron chi connectivity index (χ1n) is 10.7. The molecule has 2 aliphatic rings. The van der Waals surface area contributed by atoms with E-state index in [-0.39, 0.29) is 17.8 Å². The highest BCUT2D eigenvalue weighted by Crippen LogP contribution is 2.34. The second-order valence-corrected chi connectivity index (χ2v) is 7.67. The van der Waals surface area contributed by atoms with E-state index in [1.54, 1.807) is 18.2 Å². The number of hydrogen-bond acceptors (Lipinski definition) is 7. The van der Waals surface area contributed by atoms with E-state index in [1.807, 2.05) is 0 Å². The first kappa shape index (κ1) is 22.8. The fraction of sp³-hybridized carbons (Fsp3) is 0.333. The molecule has 0 atom stereocenters. The highest BCUT2D eigenvalue weighted by molar-refractivity contribution is 6.36. The number of anilines is 1. The van der Waals surface area contributed by atoms with Gasteiger partial charge in [0.05, 0.1) is 33.0 Å². The van der Waals surface area contributed by atoms with Crippen LogP contribution in [0.3, 0.4) is 0 Å². The van der Waals surface area contributed by atoms with E-state index in [0.29, 0.717) is 42.5 Å². The number of hydrogen-bond donors (Lipinski definition) is 1. The van der Waals surface area contributed by atoms with E-state index < -0.39 is 17.6 Å². The van der Waals surface area contributed by atoms with Crippen molar-refractivity contribution in [3.05, 3.63) is 59.5 Å². The molecular weight excluding hydrogens is 429 g/mol. The number of halogens is 1. The lowest BCUT2D eigenvalue weighted by atomic mass is 10.0. The Labute approximate surface area is 191 Å². The summed E-state index contributed by atoms with van der Waals surface area (Å²) >= 11 is 0. The molecule has 2 amide bonds. The van der Waals surface area contributed by atoms with Crippen LogP contribution in [0.4, 0.5) is 10.1 Å². The standard InChI is InChI=1S/C24H26FN3O5/c1-31-19-8-7-18(15-20(19)32-2)26-22-21(16-3-5-17(25)6-4-16)23(29)28(24(22)30)10-9-27-11-13-33-14-12-27/h3-8,15,26H,9-14H2,1-2H3. The Bertz CT molecular complexity index is 1060. The Morgan fingerprint density at radius 1 is 0.939 bits per heavy atom. The summed E-state index contributed by atoms with van der Waals surface area (Å²) in [5, 5.41) is 3.08. The molecule has 33 heavy (non-hydrogen) atoms. The molecule has 0 spiro atoms. The smallest absolute Gasteiger partial charge is 0.278 e. The summed E-state index contributed by atoms with van der Waals surface area (Å²) in [6.07, 6.45) is 0. The van der Waals surface area contributed by atoms with Gasteiger partial charge in [-0.2, -0.15) is 0 Å². The van der Waals surface area contributed by atoms with Gasteiger partial charge in [-0.05, 0) is 29.8 Å². The van der Waals surface area contributed by atoms with E-state index in [1.165, 1.54) is 43.4 Å². The van der Waals surface area contributed by atoms with E-state index in [9.17, 15) is 14.0 Å². The highest BCUT2D eigenvalue weighted by Gasteiger charge is 2.39. The van der Waals surface area contributed by atoms with Crippen LogP contribution in [0.25, 0.3) is 5.57 Å². The number of benzene rings is 2. The molecule has 0 aromatic heterocycles. The average molecular weight is 455 g/mol. The van der Waals surface area contributed by atoms with Gasteiger partial charge in [0, 0.05) is 37.9 Å². The van der Waals surface area contributed by atoms with Crippen molar-refractivity contribution in [1.29, 1.82) is 0 Å². The average Bonchev–Trinajstić information content (AvgIpc) is 3.07. The molecule has 0 aliphatic carbocycles. The van der Waals surface area contributed by atoms with Crippen LogP contribution in [-0.2, 0) is 14.3 Å². The zero-order chi connectivity index (χ0) is 23.4. The molecule has 0 unspecified atom stereocenters. The number of ether oxygens (including phenoxy) is 3. The number of carbonyl (C=O) groups excluding carboxylic acids is 2. The molecule has 2 aliphatic heterocycles. The number of morpholine rings is 1. The molecular formula is C24H26FN3O5. The van der Waals surface area contributed by atoms with Crippen LogP contribution in [0, 0.1) is 5.82 Å². The van der Waals surface area contributed by atoms with Crippen molar-refractivity contribution in [2.75, 3.05) is 58.9 Å². The number of nitrogens with one attached hydrogen (secondary N) is 1. The summed E-state index contributed by atoms with van der Waals surface area (Å²) in [5.74, 6) is -0.246. The van der Waals surface area contributed by atoms with Crippen molar-refractivity contribution in [2.45, 2.75) is 0 Å². The van der Waals surface area contributed by atoms with Gasteiger partial charge in [-0.15, -0.1) is 0 Å². The quantitative estimate of drug-likeness (QED) is 0.612. The van der Waals surface area contributed by atoms with Crippen LogP contribution < -0.4 is 14.8 Å². The van der Waals surface area contributed by atoms with Gasteiger partial charge in [0.25, 0.3) is 11.8 Å². The Hall–Kier alpha value is -3.43. The third-order valence-corrected chi connectivity index (χ3v) is 5.70. The lowest BCUT2D eigenvalue weighted by molar-refractivity contribution is -0.137. The molecule has 4 rings (SSSR count). The molecule has 174 valence electrons. The Kier molecular flexibility index (Phi) is 6.90. The summed E-state index contributed by atoms with van der Waals surface area (Å²) in [6, 6.07) is 10.6. The molecule has 8 nitrogen and oxygen atoms in total. The number of methoxy groups -OCH3 is 2. The number of imide groups is 1. The van der Waals surface area contributed by atoms with Gasteiger partial charge >= 0.3 is 0 Å². The van der Waals surface area contributed by atoms with Gasteiger partial charge in [0.15, 0.2) is 11.5 Å². The molecule has 2 aromatic rings. The third-order valence-electron chi connectivity index (χ3n) is 5.70. The molecule has 1 N–H and O–H groups in total. The van der Waals surface area contributed by atoms with Crippen molar-refractivity contribution >= 4 is 23.1 Å². The largest absolute Gasteiger partial charge is 0.493 e. The van der Waals surface area contributed by atoms with Crippen LogP contribution >= 0.6 is 0 Å². The van der Waals surface area contributed by atoms with E-state index in [0.717, 1.165) is 13.1 Å². The highest BCUT2D eigenvalue weighted by atomic mass is 19.1. The van der Waals surface area contributed by atoms with E-state index in [4.69, 9.17) is 14.2 Å². The summed E-state index contributed by atoms with van der Waals surface area (Å²) < 4.78 is 29.5. The minimum atomic E-state index is -0.428. The minimum absolute atomic E-state index is 0.140. The molecule has 0 saturated carbocycles. The van der Waals surface area contributed by atoms with Gasteiger partial charge in [0.2, 0.25) is 0 Å². The van der Waals surface area contributed by atoms with Crippen LogP contribution in [0.2, 0.25) is 0 Å². The normalized spacial score (nSPS) is 17.0. The molecule has 9 heteroatoms. The van der Waals surface area contributed by atoms with Crippen LogP contribution in [-0.4, -0.2) is 75.2 Å². The minimum Gasteiger partial charge on any atom is -0.493 e. The topological polar surface area (TPSA) is 80.3 Å². The first-order chi connectivity index (χ1) is 16.0. The fourth-order valence-corrected chi connectivity index (χ4v) is 3.90. The Balaban J connectivity index is 1.64. The second-order valence-electron chi connectivity index (χ2n) is 7.67. The lowest BCUT2D eigenvalue weighted by Crippen LogP contribution is -2.43. The third kappa shape index (κ3) is 4.84. The number of amides is 2. The first-order valence-corrected chi connectivity index (χ1v) is 10.7. The van der Waals surface area contributed by atoms with Crippen molar-refractivity contribution < 1.29 is 28.2 Å². The van der Waals surface area contributed by atoms with Crippen LogP contribution in [0.15, 0.2) is 48.2 Å². The number of carbonyl (C=O) groups is 2. The number of nitrogens with zero attached hydrogens (tertiary/aromatic N) is 2. The van der Waals surface area contributed by atoms with Crippen molar-refractivity contribution in [2.24, 2.45) is 0 Å². The zero-order valence-electron chi connectivity index (χ0n) is 18.6. The van der Waals surface area contributed by atoms with Crippen molar-refractivity contribution in [3.63, 3.8) is 0 Å². The predicted molar refractivity (Wildman–Crippen MR) is 120 cm³/mol. The van der Waals surface area contributed by atoms with Gasteiger partial charge in [-0.1, -0.05) is 12.1 Å². The molecule has 2 heterocycles.